The number of amides is 1. The van der Waals surface area contributed by atoms with Gasteiger partial charge in [-0.1, -0.05) is 0 Å². The maximum atomic E-state index is 14.9. The molecule has 8 nitrogen and oxygen atoms in total. The van der Waals surface area contributed by atoms with Crippen LogP contribution in [0, 0.1) is 11.6 Å². The molecule has 0 unspecified atom stereocenters. The molecule has 30 heavy (non-hydrogen) atoms. The van der Waals surface area contributed by atoms with E-state index in [4.69, 9.17) is 9.52 Å². The summed E-state index contributed by atoms with van der Waals surface area (Å²) in [4.78, 5) is 20.7. The molecule has 0 bridgehead atoms. The highest BCUT2D eigenvalue weighted by Crippen LogP contribution is 2.33. The molecule has 13 heteroatoms. The number of hydrogen-bond donors (Lipinski definition) is 3. The van der Waals surface area contributed by atoms with E-state index in [2.05, 4.69) is 19.9 Å². The molecule has 0 atom stereocenters. The number of benzene rings is 2. The quantitative estimate of drug-likeness (QED) is 0.298. The molecule has 3 N–H and O–H groups in total. The van der Waals surface area contributed by atoms with Gasteiger partial charge in [0, 0.05) is 6.07 Å². The third kappa shape index (κ3) is 4.75. The van der Waals surface area contributed by atoms with Crippen molar-refractivity contribution in [3.63, 3.8) is 0 Å². The van der Waals surface area contributed by atoms with Crippen molar-refractivity contribution in [1.29, 1.82) is 0 Å². The van der Waals surface area contributed by atoms with Crippen molar-refractivity contribution in [2.45, 2.75) is 6.36 Å². The number of halogens is 5. The van der Waals surface area contributed by atoms with Crippen LogP contribution in [0.3, 0.4) is 0 Å². The third-order valence-electron chi connectivity index (χ3n) is 3.60. The number of hydrogen-bond acceptors (Lipinski definition) is 7. The molecule has 0 spiro atoms. The molecule has 0 aliphatic carbocycles. The predicted octanol–water partition coefficient (Wildman–Crippen LogP) is 3.40. The number of nitrogens with one attached hydrogen (secondary N) is 2. The monoisotopic (exact) mass is 433 g/mol. The molecule has 0 radical (unpaired) electrons. The van der Waals surface area contributed by atoms with Crippen LogP contribution in [0.5, 0.6) is 5.75 Å². The lowest BCUT2D eigenvalue weighted by Crippen LogP contribution is -2.26. The summed E-state index contributed by atoms with van der Waals surface area (Å²) in [6, 6.07) is 3.21. The lowest BCUT2D eigenvalue weighted by atomic mass is 10.1. The minimum Gasteiger partial charge on any atom is -0.443 e. The van der Waals surface area contributed by atoms with E-state index >= 15 is 0 Å². The van der Waals surface area contributed by atoms with Gasteiger partial charge in [-0.3, -0.25) is 9.63 Å². The number of aromatic nitrogens is 1. The normalized spacial score (nSPS) is 11.5. The van der Waals surface area contributed by atoms with Crippen LogP contribution in [0.4, 0.5) is 33.3 Å². The predicted molar refractivity (Wildman–Crippen MR) is 90.8 cm³/mol. The van der Waals surface area contributed by atoms with E-state index in [-0.39, 0.29) is 23.3 Å². The van der Waals surface area contributed by atoms with Gasteiger partial charge >= 0.3 is 6.36 Å². The summed E-state index contributed by atoms with van der Waals surface area (Å²) in [7, 11) is 0. The molecule has 0 aliphatic rings. The first kappa shape index (κ1) is 21.3. The molecule has 2 aromatic carbocycles. The Kier molecular flexibility index (Phi) is 6.03. The van der Waals surface area contributed by atoms with E-state index in [9.17, 15) is 26.7 Å². The summed E-state index contributed by atoms with van der Waals surface area (Å²) in [5, 5.41) is 11.0. The Balaban J connectivity index is 1.97. The Bertz CT molecular complexity index is 1070. The fraction of sp³-hybridized carbons (Fsp3) is 0.176. The highest BCUT2D eigenvalue weighted by Gasteiger charge is 2.31. The molecule has 1 amide bonds. The van der Waals surface area contributed by atoms with Crippen molar-refractivity contribution >= 4 is 28.4 Å². The molecule has 3 rings (SSSR count). The van der Waals surface area contributed by atoms with Crippen molar-refractivity contribution in [2.75, 3.05) is 18.5 Å². The van der Waals surface area contributed by atoms with Gasteiger partial charge in [-0.05, 0) is 18.2 Å². The number of fused-ring (bicyclic) bond motifs is 1. The number of nitrogens with zero attached hydrogens (tertiary/aromatic N) is 1. The van der Waals surface area contributed by atoms with Gasteiger partial charge in [0.25, 0.3) is 5.91 Å². The van der Waals surface area contributed by atoms with Crippen LogP contribution in [-0.2, 0) is 4.84 Å². The lowest BCUT2D eigenvalue weighted by Gasteiger charge is -2.15. The minimum absolute atomic E-state index is 0.0974. The molecule has 0 saturated carbocycles. The van der Waals surface area contributed by atoms with E-state index in [0.717, 1.165) is 24.6 Å². The van der Waals surface area contributed by atoms with Crippen LogP contribution in [0.1, 0.15) is 10.4 Å². The van der Waals surface area contributed by atoms with E-state index in [1.54, 1.807) is 0 Å². The van der Waals surface area contributed by atoms with Crippen molar-refractivity contribution in [3.05, 3.63) is 47.9 Å². The Morgan fingerprint density at radius 3 is 2.67 bits per heavy atom. The van der Waals surface area contributed by atoms with Crippen molar-refractivity contribution in [3.8, 4) is 5.75 Å². The van der Waals surface area contributed by atoms with Gasteiger partial charge in [0.15, 0.2) is 17.8 Å². The van der Waals surface area contributed by atoms with Crippen LogP contribution in [-0.4, -0.2) is 35.6 Å². The maximum Gasteiger partial charge on any atom is 0.573 e. The van der Waals surface area contributed by atoms with Gasteiger partial charge in [0.2, 0.25) is 0 Å². The Morgan fingerprint density at radius 2 is 2.00 bits per heavy atom. The second-order valence-electron chi connectivity index (χ2n) is 5.63. The molecule has 0 saturated heterocycles. The van der Waals surface area contributed by atoms with E-state index in [1.165, 1.54) is 0 Å². The number of alkyl halides is 3. The van der Waals surface area contributed by atoms with Gasteiger partial charge in [-0.25, -0.2) is 19.2 Å². The number of anilines is 2. The summed E-state index contributed by atoms with van der Waals surface area (Å²) < 4.78 is 74.5. The molecule has 0 aliphatic heterocycles. The summed E-state index contributed by atoms with van der Waals surface area (Å²) in [5.74, 6) is -4.09. The Morgan fingerprint density at radius 1 is 1.23 bits per heavy atom. The van der Waals surface area contributed by atoms with Crippen LogP contribution in [0.2, 0.25) is 0 Å². The summed E-state index contributed by atoms with van der Waals surface area (Å²) in [6.07, 6.45) is -4.10. The van der Waals surface area contributed by atoms with E-state index in [0.29, 0.717) is 6.07 Å². The number of aliphatic hydroxyl groups is 1. The SMILES string of the molecule is O=C(NOCCO)c1cc2ocnc2c(F)c1Nc1ccc(OC(F)(F)F)cc1F. The second kappa shape index (κ2) is 8.51. The number of aliphatic hydroxyl groups excluding tert-OH is 1. The smallest absolute Gasteiger partial charge is 0.443 e. The minimum atomic E-state index is -5.02. The van der Waals surface area contributed by atoms with E-state index in [1.807, 2.05) is 5.48 Å². The van der Waals surface area contributed by atoms with Gasteiger partial charge < -0.3 is 19.6 Å². The zero-order valence-electron chi connectivity index (χ0n) is 14.7. The molecule has 3 aromatic rings. The van der Waals surface area contributed by atoms with Gasteiger partial charge in [-0.2, -0.15) is 0 Å². The summed E-state index contributed by atoms with van der Waals surface area (Å²) >= 11 is 0. The highest BCUT2D eigenvalue weighted by atomic mass is 19.4. The number of carbonyl (C=O) groups excluding carboxylic acids is 1. The highest BCUT2D eigenvalue weighted by molar-refractivity contribution is 6.03. The lowest BCUT2D eigenvalue weighted by molar-refractivity contribution is -0.274. The molecule has 1 aromatic heterocycles. The Hall–Kier alpha value is -3.45. The average Bonchev–Trinajstić information content (AvgIpc) is 3.13. The number of carbonyl (C=O) groups is 1. The summed E-state index contributed by atoms with van der Waals surface area (Å²) in [5.41, 5.74) is 0.211. The molecule has 1 heterocycles. The molecule has 0 fully saturated rings. The third-order valence-corrected chi connectivity index (χ3v) is 3.60. The van der Waals surface area contributed by atoms with Crippen LogP contribution in [0.15, 0.2) is 35.1 Å². The zero-order chi connectivity index (χ0) is 21.9. The standard InChI is InChI=1S/C17H12F5N3O5/c18-10-5-8(30-17(20,21)22)1-2-11(10)24-14-9(16(27)25-29-4-3-26)6-12-15(13(14)19)23-7-28-12/h1-2,5-7,24,26H,3-4H2,(H,25,27). The number of ether oxygens (including phenoxy) is 1. The van der Waals surface area contributed by atoms with Crippen LogP contribution < -0.4 is 15.5 Å². The topological polar surface area (TPSA) is 106 Å². The largest absolute Gasteiger partial charge is 0.573 e. The molecular formula is C17H12F5N3O5. The van der Waals surface area contributed by atoms with E-state index < -0.39 is 47.6 Å². The average molecular weight is 433 g/mol. The second-order valence-corrected chi connectivity index (χ2v) is 5.63. The zero-order valence-corrected chi connectivity index (χ0v) is 14.7. The molecular weight excluding hydrogens is 421 g/mol. The summed E-state index contributed by atoms with van der Waals surface area (Å²) in [6.45, 7) is -0.657. The van der Waals surface area contributed by atoms with Gasteiger partial charge in [0.1, 0.15) is 17.1 Å². The first-order chi connectivity index (χ1) is 14.2. The first-order valence-electron chi connectivity index (χ1n) is 8.10. The Labute approximate surface area is 164 Å². The van der Waals surface area contributed by atoms with Crippen LogP contribution >= 0.6 is 0 Å². The van der Waals surface area contributed by atoms with Crippen molar-refractivity contribution in [1.82, 2.24) is 10.5 Å². The van der Waals surface area contributed by atoms with Crippen molar-refractivity contribution in [2.24, 2.45) is 0 Å². The van der Waals surface area contributed by atoms with Crippen molar-refractivity contribution < 1.29 is 45.8 Å². The van der Waals surface area contributed by atoms with Crippen LogP contribution in [0.25, 0.3) is 11.1 Å². The fourth-order valence-corrected chi connectivity index (χ4v) is 2.41. The van der Waals surface area contributed by atoms with Gasteiger partial charge in [-0.15, -0.1) is 13.2 Å². The first-order valence-corrected chi connectivity index (χ1v) is 8.10. The maximum absolute atomic E-state index is 14.9. The molecule has 160 valence electrons. The number of oxazole rings is 1. The number of rotatable bonds is 7. The fourth-order valence-electron chi connectivity index (χ4n) is 2.41. The van der Waals surface area contributed by atoms with Gasteiger partial charge in [0.05, 0.1) is 30.2 Å². The number of hydroxylamine groups is 1.